The number of benzene rings is 1. The zero-order valence-corrected chi connectivity index (χ0v) is 15.9. The van der Waals surface area contributed by atoms with Crippen molar-refractivity contribution < 1.29 is 5.11 Å². The van der Waals surface area contributed by atoms with E-state index in [1.165, 1.54) is 5.56 Å². The Balaban J connectivity index is 0.00000121. The van der Waals surface area contributed by atoms with Gasteiger partial charge in [-0.05, 0) is 30.7 Å². The van der Waals surface area contributed by atoms with Crippen LogP contribution in [0.25, 0.3) is 11.4 Å². The van der Waals surface area contributed by atoms with E-state index in [2.05, 4.69) is 38.2 Å². The molecule has 0 unspecified atom stereocenters. The fourth-order valence-corrected chi connectivity index (χ4v) is 3.35. The van der Waals surface area contributed by atoms with E-state index in [1.54, 1.807) is 6.20 Å². The number of nitrogens with zero attached hydrogens (tertiary/aromatic N) is 4. The molecular formula is C18H23Cl2N5O. The van der Waals surface area contributed by atoms with Crippen LogP contribution in [-0.2, 0) is 6.54 Å². The minimum atomic E-state index is -0.390. The van der Waals surface area contributed by atoms with Crippen molar-refractivity contribution in [3.8, 4) is 11.4 Å². The second-order valence-corrected chi connectivity index (χ2v) is 6.19. The molecule has 2 aromatic heterocycles. The van der Waals surface area contributed by atoms with Gasteiger partial charge in [-0.1, -0.05) is 18.2 Å². The Bertz CT molecular complexity index is 806. The number of aliphatic hydroxyl groups is 1. The summed E-state index contributed by atoms with van der Waals surface area (Å²) in [6.45, 7) is 2.28. The first-order chi connectivity index (χ1) is 11.8. The Morgan fingerprint density at radius 2 is 2.04 bits per heavy atom. The second-order valence-electron chi connectivity index (χ2n) is 6.19. The summed E-state index contributed by atoms with van der Waals surface area (Å²) < 4.78 is 4.01. The summed E-state index contributed by atoms with van der Waals surface area (Å²) in [6, 6.07) is 10.4. The molecule has 140 valence electrons. The van der Waals surface area contributed by atoms with Gasteiger partial charge in [-0.2, -0.15) is 5.10 Å². The van der Waals surface area contributed by atoms with Crippen LogP contribution in [0, 0.1) is 0 Å². The van der Waals surface area contributed by atoms with E-state index < -0.39 is 0 Å². The van der Waals surface area contributed by atoms with Crippen molar-refractivity contribution >= 4 is 24.8 Å². The highest BCUT2D eigenvalue weighted by atomic mass is 35.5. The number of imidazole rings is 1. The van der Waals surface area contributed by atoms with Gasteiger partial charge in [0.15, 0.2) is 0 Å². The third-order valence-electron chi connectivity index (χ3n) is 4.53. The normalized spacial score (nSPS) is 19.4. The van der Waals surface area contributed by atoms with Crippen molar-refractivity contribution in [3.63, 3.8) is 0 Å². The zero-order chi connectivity index (χ0) is 16.4. The lowest BCUT2D eigenvalue weighted by atomic mass is 10.0. The molecule has 1 saturated heterocycles. The molecule has 1 aliphatic heterocycles. The summed E-state index contributed by atoms with van der Waals surface area (Å²) in [5, 5.41) is 17.8. The molecule has 0 saturated carbocycles. The van der Waals surface area contributed by atoms with Crippen molar-refractivity contribution in [1.29, 1.82) is 0 Å². The number of piperidine rings is 1. The molecule has 0 radical (unpaired) electrons. The summed E-state index contributed by atoms with van der Waals surface area (Å²) in [7, 11) is 0. The van der Waals surface area contributed by atoms with E-state index in [4.69, 9.17) is 0 Å². The third kappa shape index (κ3) is 4.27. The van der Waals surface area contributed by atoms with Crippen molar-refractivity contribution in [1.82, 2.24) is 24.6 Å². The van der Waals surface area contributed by atoms with Crippen LogP contribution in [0.5, 0.6) is 0 Å². The average molecular weight is 396 g/mol. The van der Waals surface area contributed by atoms with Gasteiger partial charge in [-0.25, -0.2) is 4.98 Å². The summed E-state index contributed by atoms with van der Waals surface area (Å²) in [4.78, 5) is 4.54. The van der Waals surface area contributed by atoms with E-state index in [-0.39, 0.29) is 37.0 Å². The fourth-order valence-electron chi connectivity index (χ4n) is 3.35. The number of aliphatic hydroxyl groups excluding tert-OH is 1. The Morgan fingerprint density at radius 3 is 2.81 bits per heavy atom. The number of hydrogen-bond donors (Lipinski definition) is 2. The van der Waals surface area contributed by atoms with Crippen LogP contribution in [0.2, 0.25) is 0 Å². The van der Waals surface area contributed by atoms with Crippen LogP contribution in [0.1, 0.15) is 18.0 Å². The van der Waals surface area contributed by atoms with Gasteiger partial charge < -0.3 is 15.0 Å². The van der Waals surface area contributed by atoms with Gasteiger partial charge in [0.1, 0.15) is 5.82 Å². The molecule has 4 rings (SSSR count). The average Bonchev–Trinajstić information content (AvgIpc) is 3.27. The number of hydrogen-bond acceptors (Lipinski definition) is 4. The summed E-state index contributed by atoms with van der Waals surface area (Å²) >= 11 is 0. The van der Waals surface area contributed by atoms with Gasteiger partial charge in [0.2, 0.25) is 0 Å². The predicted octanol–water partition coefficient (Wildman–Crippen LogP) is 2.53. The molecule has 2 N–H and O–H groups in total. The Kier molecular flexibility index (Phi) is 7.23. The van der Waals surface area contributed by atoms with Gasteiger partial charge in [-0.15, -0.1) is 24.8 Å². The molecular weight excluding hydrogens is 373 g/mol. The highest BCUT2D eigenvalue weighted by Gasteiger charge is 2.26. The monoisotopic (exact) mass is 395 g/mol. The molecule has 2 atom stereocenters. The fraction of sp³-hybridized carbons (Fsp3) is 0.333. The van der Waals surface area contributed by atoms with Crippen LogP contribution in [0.4, 0.5) is 0 Å². The lowest BCUT2D eigenvalue weighted by molar-refractivity contribution is 0.0880. The molecule has 3 heterocycles. The van der Waals surface area contributed by atoms with Crippen LogP contribution in [0.3, 0.4) is 0 Å². The Hall–Kier alpha value is -1.86. The quantitative estimate of drug-likeness (QED) is 0.711. The molecule has 0 bridgehead atoms. The molecule has 6 nitrogen and oxygen atoms in total. The van der Waals surface area contributed by atoms with E-state index in [0.717, 1.165) is 30.9 Å². The van der Waals surface area contributed by atoms with Crippen LogP contribution >= 0.6 is 24.8 Å². The molecule has 8 heteroatoms. The van der Waals surface area contributed by atoms with E-state index in [0.29, 0.717) is 6.54 Å². The topological polar surface area (TPSA) is 67.9 Å². The second kappa shape index (κ2) is 9.19. The molecule has 0 aliphatic carbocycles. The van der Waals surface area contributed by atoms with E-state index in [9.17, 15) is 5.11 Å². The molecule has 0 spiro atoms. The SMILES string of the molecule is Cl.Cl.O[C@H]1CNCC[C@@H]1n1ccnc1-c1cccc(Cn2cccn2)c1. The van der Waals surface area contributed by atoms with Crippen LogP contribution in [-0.4, -0.2) is 43.6 Å². The first-order valence-electron chi connectivity index (χ1n) is 8.29. The highest BCUT2D eigenvalue weighted by Crippen LogP contribution is 2.27. The maximum Gasteiger partial charge on any atom is 0.140 e. The smallest absolute Gasteiger partial charge is 0.140 e. The molecule has 1 aliphatic rings. The minimum absolute atomic E-state index is 0. The van der Waals surface area contributed by atoms with Gasteiger partial charge >= 0.3 is 0 Å². The van der Waals surface area contributed by atoms with Crippen molar-refractivity contribution in [2.24, 2.45) is 0 Å². The van der Waals surface area contributed by atoms with Crippen LogP contribution < -0.4 is 5.32 Å². The molecule has 1 fully saturated rings. The lowest BCUT2D eigenvalue weighted by Gasteiger charge is -2.30. The number of nitrogens with one attached hydrogen (secondary N) is 1. The maximum absolute atomic E-state index is 10.3. The zero-order valence-electron chi connectivity index (χ0n) is 14.2. The summed E-state index contributed by atoms with van der Waals surface area (Å²) in [6.07, 6.45) is 8.03. The van der Waals surface area contributed by atoms with Crippen molar-refractivity contribution in [3.05, 3.63) is 60.7 Å². The number of rotatable bonds is 4. The minimum Gasteiger partial charge on any atom is -0.390 e. The largest absolute Gasteiger partial charge is 0.390 e. The third-order valence-corrected chi connectivity index (χ3v) is 4.53. The maximum atomic E-state index is 10.3. The Morgan fingerprint density at radius 1 is 1.15 bits per heavy atom. The van der Waals surface area contributed by atoms with Crippen LogP contribution in [0.15, 0.2) is 55.1 Å². The molecule has 3 aromatic rings. The van der Waals surface area contributed by atoms with Gasteiger partial charge in [0, 0.05) is 36.9 Å². The molecule has 0 amide bonds. The highest BCUT2D eigenvalue weighted by molar-refractivity contribution is 5.85. The van der Waals surface area contributed by atoms with Crippen molar-refractivity contribution in [2.75, 3.05) is 13.1 Å². The van der Waals surface area contributed by atoms with Gasteiger partial charge in [0.05, 0.1) is 18.7 Å². The summed E-state index contributed by atoms with van der Waals surface area (Å²) in [5.41, 5.74) is 2.24. The predicted molar refractivity (Wildman–Crippen MR) is 106 cm³/mol. The van der Waals surface area contributed by atoms with Gasteiger partial charge in [-0.3, -0.25) is 4.68 Å². The molecule has 1 aromatic carbocycles. The Labute approximate surface area is 165 Å². The van der Waals surface area contributed by atoms with Crippen molar-refractivity contribution in [2.45, 2.75) is 25.1 Å². The number of β-amino-alcohol motifs (C(OH)–C–C–N with tert-alkyl or cyclic N) is 1. The lowest BCUT2D eigenvalue weighted by Crippen LogP contribution is -2.41. The first kappa shape index (κ1) is 20.5. The van der Waals surface area contributed by atoms with Gasteiger partial charge in [0.25, 0.3) is 0 Å². The van der Waals surface area contributed by atoms with E-state index >= 15 is 0 Å². The van der Waals surface area contributed by atoms with E-state index in [1.807, 2.05) is 35.4 Å². The number of aromatic nitrogens is 4. The molecule has 26 heavy (non-hydrogen) atoms. The standard InChI is InChI=1S/C18H21N5O.2ClH/c24-17-12-19-7-5-16(17)23-10-8-20-18(23)15-4-1-3-14(11-15)13-22-9-2-6-21-22;;/h1-4,6,8-11,16-17,19,24H,5,7,12-13H2;2*1H/t16-,17-;;/m0../s1. The summed E-state index contributed by atoms with van der Waals surface area (Å²) in [5.74, 6) is 0.906. The first-order valence-corrected chi connectivity index (χ1v) is 8.29. The number of halogens is 2.